The third-order valence-electron chi connectivity index (χ3n) is 2.50. The first-order chi connectivity index (χ1) is 9.02. The highest BCUT2D eigenvalue weighted by Crippen LogP contribution is 2.20. The summed E-state index contributed by atoms with van der Waals surface area (Å²) in [6.45, 7) is 2.31. The maximum Gasteiger partial charge on any atom is 0.326 e. The molecule has 0 spiro atoms. The van der Waals surface area contributed by atoms with Crippen molar-refractivity contribution < 1.29 is 14.7 Å². The number of carboxylic acids is 1. The van der Waals surface area contributed by atoms with Gasteiger partial charge in [-0.15, -0.1) is 11.3 Å². The van der Waals surface area contributed by atoms with Crippen LogP contribution >= 0.6 is 22.9 Å². The Bertz CT molecular complexity index is 436. The van der Waals surface area contributed by atoms with Gasteiger partial charge in [0.1, 0.15) is 6.04 Å². The Hall–Kier alpha value is -1.27. The summed E-state index contributed by atoms with van der Waals surface area (Å²) in [4.78, 5) is 23.5. The van der Waals surface area contributed by atoms with Gasteiger partial charge in [-0.05, 0) is 18.6 Å². The number of amides is 2. The first kappa shape index (κ1) is 15.8. The fraction of sp³-hybridized carbons (Fsp3) is 0.500. The SMILES string of the molecule is CCCCC(NC(=O)NCc1ccc(Cl)s1)C(=O)O. The molecule has 0 fully saturated rings. The lowest BCUT2D eigenvalue weighted by molar-refractivity contribution is -0.139. The molecule has 2 amide bonds. The van der Waals surface area contributed by atoms with E-state index in [1.54, 1.807) is 6.07 Å². The topological polar surface area (TPSA) is 78.4 Å². The minimum absolute atomic E-state index is 0.337. The first-order valence-corrected chi connectivity index (χ1v) is 7.23. The number of thiophene rings is 1. The molecule has 7 heteroatoms. The second kappa shape index (κ2) is 8.01. The van der Waals surface area contributed by atoms with Crippen molar-refractivity contribution in [3.8, 4) is 0 Å². The Kier molecular flexibility index (Phi) is 6.66. The lowest BCUT2D eigenvalue weighted by Crippen LogP contribution is -2.45. The molecule has 0 radical (unpaired) electrons. The Morgan fingerprint density at radius 2 is 2.21 bits per heavy atom. The van der Waals surface area contributed by atoms with Crippen LogP contribution in [0.5, 0.6) is 0 Å². The van der Waals surface area contributed by atoms with Crippen LogP contribution in [0.1, 0.15) is 31.1 Å². The van der Waals surface area contributed by atoms with Crippen molar-refractivity contribution in [1.82, 2.24) is 10.6 Å². The van der Waals surface area contributed by atoms with Gasteiger partial charge in [-0.1, -0.05) is 31.4 Å². The third-order valence-corrected chi connectivity index (χ3v) is 3.73. The number of carboxylic acid groups (broad SMARTS) is 1. The molecule has 5 nitrogen and oxygen atoms in total. The summed E-state index contributed by atoms with van der Waals surface area (Å²) in [7, 11) is 0. The highest BCUT2D eigenvalue weighted by Gasteiger charge is 2.18. The van der Waals surface area contributed by atoms with Crippen LogP contribution in [0.2, 0.25) is 4.34 Å². The molecule has 1 aromatic heterocycles. The van der Waals surface area contributed by atoms with Crippen LogP contribution in [-0.2, 0) is 11.3 Å². The highest BCUT2D eigenvalue weighted by atomic mass is 35.5. The summed E-state index contributed by atoms with van der Waals surface area (Å²) in [5.41, 5.74) is 0. The summed E-state index contributed by atoms with van der Waals surface area (Å²) in [5.74, 6) is -1.01. The normalized spacial score (nSPS) is 11.9. The Balaban J connectivity index is 2.37. The summed E-state index contributed by atoms with van der Waals surface area (Å²) >= 11 is 7.15. The zero-order valence-electron chi connectivity index (χ0n) is 10.6. The van der Waals surface area contributed by atoms with E-state index >= 15 is 0 Å². The number of unbranched alkanes of at least 4 members (excludes halogenated alkanes) is 1. The molecule has 0 saturated carbocycles. The predicted octanol–water partition coefficient (Wildman–Crippen LogP) is 2.84. The number of carbonyl (C=O) groups excluding carboxylic acids is 1. The molecule has 19 heavy (non-hydrogen) atoms. The van der Waals surface area contributed by atoms with E-state index in [1.165, 1.54) is 11.3 Å². The lowest BCUT2D eigenvalue weighted by atomic mass is 10.1. The molecule has 0 aliphatic heterocycles. The number of hydrogen-bond donors (Lipinski definition) is 3. The molecule has 1 rings (SSSR count). The molecule has 0 saturated heterocycles. The third kappa shape index (κ3) is 5.94. The van der Waals surface area contributed by atoms with Gasteiger partial charge in [-0.25, -0.2) is 9.59 Å². The van der Waals surface area contributed by atoms with E-state index in [4.69, 9.17) is 16.7 Å². The van der Waals surface area contributed by atoms with Crippen LogP contribution in [0.25, 0.3) is 0 Å². The van der Waals surface area contributed by atoms with Crippen LogP contribution in [-0.4, -0.2) is 23.1 Å². The average Bonchev–Trinajstić information content (AvgIpc) is 2.77. The smallest absolute Gasteiger partial charge is 0.326 e. The molecule has 106 valence electrons. The molecular formula is C12H17ClN2O3S. The van der Waals surface area contributed by atoms with E-state index in [0.29, 0.717) is 17.3 Å². The Labute approximate surface area is 121 Å². The van der Waals surface area contributed by atoms with E-state index in [2.05, 4.69) is 10.6 Å². The summed E-state index contributed by atoms with van der Waals surface area (Å²) in [5, 5.41) is 14.0. The predicted molar refractivity (Wildman–Crippen MR) is 75.6 cm³/mol. The minimum Gasteiger partial charge on any atom is -0.480 e. The van der Waals surface area contributed by atoms with Crippen LogP contribution < -0.4 is 10.6 Å². The second-order valence-electron chi connectivity index (χ2n) is 4.07. The molecule has 3 N–H and O–H groups in total. The monoisotopic (exact) mass is 304 g/mol. The Morgan fingerprint density at radius 1 is 1.47 bits per heavy atom. The number of halogens is 1. The molecule has 1 atom stereocenters. The van der Waals surface area contributed by atoms with Gasteiger partial charge in [0, 0.05) is 4.88 Å². The zero-order chi connectivity index (χ0) is 14.3. The summed E-state index contributed by atoms with van der Waals surface area (Å²) in [6.07, 6.45) is 2.09. The molecule has 0 aliphatic rings. The highest BCUT2D eigenvalue weighted by molar-refractivity contribution is 7.16. The van der Waals surface area contributed by atoms with Crippen LogP contribution in [0.15, 0.2) is 12.1 Å². The van der Waals surface area contributed by atoms with E-state index in [0.717, 1.165) is 17.7 Å². The van der Waals surface area contributed by atoms with E-state index in [9.17, 15) is 9.59 Å². The van der Waals surface area contributed by atoms with Crippen LogP contribution in [0.3, 0.4) is 0 Å². The average molecular weight is 305 g/mol. The van der Waals surface area contributed by atoms with Crippen LogP contribution in [0, 0.1) is 0 Å². The quantitative estimate of drug-likeness (QED) is 0.725. The van der Waals surface area contributed by atoms with Crippen molar-refractivity contribution in [1.29, 1.82) is 0 Å². The molecule has 0 aliphatic carbocycles. The maximum atomic E-state index is 11.6. The molecule has 0 bridgehead atoms. The van der Waals surface area contributed by atoms with Gasteiger partial charge in [-0.2, -0.15) is 0 Å². The van der Waals surface area contributed by atoms with Gasteiger partial charge < -0.3 is 15.7 Å². The molecular weight excluding hydrogens is 288 g/mol. The van der Waals surface area contributed by atoms with Gasteiger partial charge in [0.25, 0.3) is 0 Å². The fourth-order valence-corrected chi connectivity index (χ4v) is 2.52. The standard InChI is InChI=1S/C12H17ClN2O3S/c1-2-3-4-9(11(16)17)15-12(18)14-7-8-5-6-10(13)19-8/h5-6,9H,2-4,7H2,1H3,(H,16,17)(H2,14,15,18). The number of carbonyl (C=O) groups is 2. The Morgan fingerprint density at radius 3 is 2.74 bits per heavy atom. The van der Waals surface area contributed by atoms with Crippen molar-refractivity contribution >= 4 is 34.9 Å². The fourth-order valence-electron chi connectivity index (χ4n) is 1.49. The minimum atomic E-state index is -1.01. The lowest BCUT2D eigenvalue weighted by Gasteiger charge is -2.14. The largest absolute Gasteiger partial charge is 0.480 e. The van der Waals surface area contributed by atoms with E-state index in [1.807, 2.05) is 13.0 Å². The van der Waals surface area contributed by atoms with Crippen molar-refractivity contribution in [2.75, 3.05) is 0 Å². The number of nitrogens with one attached hydrogen (secondary N) is 2. The number of rotatable bonds is 7. The summed E-state index contributed by atoms with van der Waals surface area (Å²) < 4.78 is 0.656. The van der Waals surface area contributed by atoms with E-state index < -0.39 is 18.0 Å². The van der Waals surface area contributed by atoms with E-state index in [-0.39, 0.29) is 0 Å². The van der Waals surface area contributed by atoms with Gasteiger partial charge in [-0.3, -0.25) is 0 Å². The van der Waals surface area contributed by atoms with Crippen molar-refractivity contribution in [2.24, 2.45) is 0 Å². The first-order valence-electron chi connectivity index (χ1n) is 6.04. The maximum absolute atomic E-state index is 11.6. The van der Waals surface area contributed by atoms with Gasteiger partial charge in [0.05, 0.1) is 10.9 Å². The van der Waals surface area contributed by atoms with Crippen LogP contribution in [0.4, 0.5) is 4.79 Å². The van der Waals surface area contributed by atoms with Crippen molar-refractivity contribution in [2.45, 2.75) is 38.8 Å². The number of hydrogen-bond acceptors (Lipinski definition) is 3. The van der Waals surface area contributed by atoms with Gasteiger partial charge in [0.15, 0.2) is 0 Å². The van der Waals surface area contributed by atoms with Crippen molar-refractivity contribution in [3.63, 3.8) is 0 Å². The molecule has 1 unspecified atom stereocenters. The summed E-state index contributed by atoms with van der Waals surface area (Å²) in [6, 6.07) is 2.25. The second-order valence-corrected chi connectivity index (χ2v) is 5.87. The van der Waals surface area contributed by atoms with Gasteiger partial charge >= 0.3 is 12.0 Å². The zero-order valence-corrected chi connectivity index (χ0v) is 12.2. The van der Waals surface area contributed by atoms with Crippen molar-refractivity contribution in [3.05, 3.63) is 21.3 Å². The number of urea groups is 1. The molecule has 1 aromatic rings. The molecule has 0 aromatic carbocycles. The molecule has 1 heterocycles. The number of aliphatic carboxylic acids is 1. The van der Waals surface area contributed by atoms with Gasteiger partial charge in [0.2, 0.25) is 0 Å².